The molecule has 0 radical (unpaired) electrons. The van der Waals surface area contributed by atoms with Gasteiger partial charge in [-0.05, 0) is 36.8 Å². The first-order chi connectivity index (χ1) is 16.2. The fourth-order valence-corrected chi connectivity index (χ4v) is 5.48. The number of nitrogens with zero attached hydrogens (tertiary/aromatic N) is 3. The highest BCUT2D eigenvalue weighted by Crippen LogP contribution is 2.52. The highest BCUT2D eigenvalue weighted by atomic mass is 35.5. The lowest BCUT2D eigenvalue weighted by Gasteiger charge is -2.22. The van der Waals surface area contributed by atoms with Crippen molar-refractivity contribution >= 4 is 29.3 Å². The van der Waals surface area contributed by atoms with E-state index in [0.29, 0.717) is 5.56 Å². The Bertz CT molecular complexity index is 1230. The second-order valence-corrected chi connectivity index (χ2v) is 9.04. The molecule has 2 heterocycles. The first-order valence-electron chi connectivity index (χ1n) is 10.1. The van der Waals surface area contributed by atoms with Gasteiger partial charge in [-0.1, -0.05) is 23.7 Å². The average Bonchev–Trinajstić information content (AvgIpc) is 3.18. The largest absolute Gasteiger partial charge is 0.494 e. The van der Waals surface area contributed by atoms with Crippen molar-refractivity contribution in [3.63, 3.8) is 0 Å². The summed E-state index contributed by atoms with van der Waals surface area (Å²) in [6.07, 6.45) is -5.12. The van der Waals surface area contributed by atoms with E-state index < -0.39 is 34.3 Å². The van der Waals surface area contributed by atoms with Crippen LogP contribution in [0.1, 0.15) is 46.6 Å². The molecule has 180 valence electrons. The Morgan fingerprint density at radius 3 is 2.65 bits per heavy atom. The number of hydrogen-bond donors (Lipinski definition) is 0. The van der Waals surface area contributed by atoms with Crippen molar-refractivity contribution in [1.82, 2.24) is 14.8 Å². The van der Waals surface area contributed by atoms with Crippen LogP contribution in [0.5, 0.6) is 5.75 Å². The quantitative estimate of drug-likeness (QED) is 0.310. The van der Waals surface area contributed by atoms with Crippen LogP contribution in [0, 0.1) is 5.82 Å². The molecule has 2 atom stereocenters. The number of fused-ring (bicyclic) bond motifs is 3. The lowest BCUT2D eigenvalue weighted by molar-refractivity contribution is -0.146. The zero-order valence-electron chi connectivity index (χ0n) is 17.9. The van der Waals surface area contributed by atoms with Crippen molar-refractivity contribution in [1.29, 1.82) is 0 Å². The maximum Gasteiger partial charge on any atom is 0.452 e. The standard InChI is InChI=1S/C22H18ClF4N3O3S/c1-3-33-17(31)10-16-20-28-29-21(22(25,26)27)30(20)14-8-7-11(23)9-13(14)19(34-16)12-5-4-6-15(32-2)18(12)24/h4-9,16,19H,3,10H2,1-2H3/t16-,19-/m1/s1. The number of hydrogen-bond acceptors (Lipinski definition) is 6. The first kappa shape index (κ1) is 24.3. The average molecular weight is 516 g/mol. The minimum atomic E-state index is -4.83. The number of esters is 1. The van der Waals surface area contributed by atoms with Crippen molar-refractivity contribution in [2.24, 2.45) is 0 Å². The van der Waals surface area contributed by atoms with Crippen LogP contribution in [0.25, 0.3) is 5.69 Å². The molecule has 12 heteroatoms. The van der Waals surface area contributed by atoms with Crippen molar-refractivity contribution in [3.05, 3.63) is 70.0 Å². The van der Waals surface area contributed by atoms with Crippen molar-refractivity contribution < 1.29 is 31.8 Å². The van der Waals surface area contributed by atoms with Crippen LogP contribution in [0.3, 0.4) is 0 Å². The van der Waals surface area contributed by atoms with E-state index >= 15 is 4.39 Å². The monoisotopic (exact) mass is 515 g/mol. The topological polar surface area (TPSA) is 66.2 Å². The number of methoxy groups -OCH3 is 1. The molecule has 0 amide bonds. The van der Waals surface area contributed by atoms with E-state index in [9.17, 15) is 18.0 Å². The third-order valence-electron chi connectivity index (χ3n) is 5.20. The van der Waals surface area contributed by atoms with Gasteiger partial charge >= 0.3 is 12.1 Å². The maximum absolute atomic E-state index is 15.3. The SMILES string of the molecule is CCOC(=O)C[C@H]1S[C@H](c2cccc(OC)c2F)c2cc(Cl)ccc2-n2c1nnc2C(F)(F)F. The zero-order valence-corrected chi connectivity index (χ0v) is 19.5. The molecule has 1 aromatic heterocycles. The van der Waals surface area contributed by atoms with Gasteiger partial charge in [-0.15, -0.1) is 22.0 Å². The number of benzene rings is 2. The molecule has 34 heavy (non-hydrogen) atoms. The third-order valence-corrected chi connectivity index (χ3v) is 6.92. The van der Waals surface area contributed by atoms with Gasteiger partial charge in [0.25, 0.3) is 0 Å². The van der Waals surface area contributed by atoms with Gasteiger partial charge < -0.3 is 9.47 Å². The summed E-state index contributed by atoms with van der Waals surface area (Å²) < 4.78 is 68.0. The number of carbonyl (C=O) groups is 1. The summed E-state index contributed by atoms with van der Waals surface area (Å²) in [5.41, 5.74) is 0.555. The number of rotatable bonds is 5. The highest BCUT2D eigenvalue weighted by Gasteiger charge is 2.43. The molecule has 0 aliphatic carbocycles. The molecule has 1 aliphatic rings. The summed E-state index contributed by atoms with van der Waals surface area (Å²) in [4.78, 5) is 12.3. The van der Waals surface area contributed by atoms with Gasteiger partial charge in [0.2, 0.25) is 5.82 Å². The van der Waals surface area contributed by atoms with Crippen molar-refractivity contribution in [2.75, 3.05) is 13.7 Å². The normalized spacial score (nSPS) is 17.5. The number of aromatic nitrogens is 3. The lowest BCUT2D eigenvalue weighted by atomic mass is 10.0. The summed E-state index contributed by atoms with van der Waals surface area (Å²) >= 11 is 7.27. The van der Waals surface area contributed by atoms with E-state index in [1.54, 1.807) is 13.0 Å². The second kappa shape index (κ2) is 9.46. The van der Waals surface area contributed by atoms with Gasteiger partial charge in [-0.2, -0.15) is 13.2 Å². The minimum Gasteiger partial charge on any atom is -0.494 e. The Balaban J connectivity index is 1.98. The molecule has 0 unspecified atom stereocenters. The van der Waals surface area contributed by atoms with Gasteiger partial charge in [-0.25, -0.2) is 4.39 Å². The molecule has 0 bridgehead atoms. The van der Waals surface area contributed by atoms with Crippen molar-refractivity contribution in [2.45, 2.75) is 30.0 Å². The fourth-order valence-electron chi connectivity index (χ4n) is 3.80. The van der Waals surface area contributed by atoms with Crippen molar-refractivity contribution in [3.8, 4) is 11.4 Å². The molecule has 2 aromatic carbocycles. The van der Waals surface area contributed by atoms with Gasteiger partial charge in [0.15, 0.2) is 17.4 Å². The Morgan fingerprint density at radius 2 is 1.97 bits per heavy atom. The van der Waals surface area contributed by atoms with E-state index in [4.69, 9.17) is 21.1 Å². The second-order valence-electron chi connectivity index (χ2n) is 7.30. The predicted molar refractivity (Wildman–Crippen MR) is 118 cm³/mol. The first-order valence-corrected chi connectivity index (χ1v) is 11.4. The fraction of sp³-hybridized carbons (Fsp3) is 0.318. The molecule has 0 saturated carbocycles. The van der Waals surface area contributed by atoms with Crippen LogP contribution in [0.2, 0.25) is 5.02 Å². The summed E-state index contributed by atoms with van der Waals surface area (Å²) in [7, 11) is 1.31. The number of thioether (sulfide) groups is 1. The Hall–Kier alpha value is -2.79. The van der Waals surface area contributed by atoms with Crippen LogP contribution in [-0.4, -0.2) is 34.5 Å². The van der Waals surface area contributed by atoms with Crippen LogP contribution in [-0.2, 0) is 15.7 Å². The van der Waals surface area contributed by atoms with Gasteiger partial charge in [0.1, 0.15) is 0 Å². The zero-order chi connectivity index (χ0) is 24.6. The maximum atomic E-state index is 15.3. The van der Waals surface area contributed by atoms with Gasteiger partial charge in [-0.3, -0.25) is 9.36 Å². The van der Waals surface area contributed by atoms with E-state index in [1.165, 1.54) is 37.4 Å². The molecule has 6 nitrogen and oxygen atoms in total. The molecule has 0 fully saturated rings. The minimum absolute atomic E-state index is 0.0248. The van der Waals surface area contributed by atoms with Crippen LogP contribution < -0.4 is 4.74 Å². The molecule has 3 aromatic rings. The number of halogens is 5. The molecular formula is C22H18ClF4N3O3S. The Kier molecular flexibility index (Phi) is 6.77. The Morgan fingerprint density at radius 1 is 1.21 bits per heavy atom. The van der Waals surface area contributed by atoms with E-state index in [1.807, 2.05) is 0 Å². The third kappa shape index (κ3) is 4.46. The van der Waals surface area contributed by atoms with Crippen LogP contribution in [0.15, 0.2) is 36.4 Å². The number of alkyl halides is 3. The highest BCUT2D eigenvalue weighted by molar-refractivity contribution is 8.00. The van der Waals surface area contributed by atoms with Gasteiger partial charge in [0.05, 0.1) is 36.3 Å². The predicted octanol–water partition coefficient (Wildman–Crippen LogP) is 5.92. The molecule has 0 saturated heterocycles. The summed E-state index contributed by atoms with van der Waals surface area (Å²) in [6, 6.07) is 8.83. The molecular weight excluding hydrogens is 498 g/mol. The number of ether oxygens (including phenoxy) is 2. The van der Waals surface area contributed by atoms with Crippen LogP contribution >= 0.6 is 23.4 Å². The lowest BCUT2D eigenvalue weighted by Crippen LogP contribution is -2.17. The van der Waals surface area contributed by atoms with E-state index in [0.717, 1.165) is 16.3 Å². The molecule has 1 aliphatic heterocycles. The summed E-state index contributed by atoms with van der Waals surface area (Å²) in [5, 5.41) is 5.65. The summed E-state index contributed by atoms with van der Waals surface area (Å²) in [5.74, 6) is -2.68. The van der Waals surface area contributed by atoms with Gasteiger partial charge in [0, 0.05) is 10.6 Å². The van der Waals surface area contributed by atoms with E-state index in [2.05, 4.69) is 10.2 Å². The Labute approximate surface area is 201 Å². The van der Waals surface area contributed by atoms with Crippen LogP contribution in [0.4, 0.5) is 17.6 Å². The molecule has 0 spiro atoms. The molecule has 0 N–H and O–H groups in total. The number of carbonyl (C=O) groups excluding carboxylic acids is 1. The smallest absolute Gasteiger partial charge is 0.452 e. The summed E-state index contributed by atoms with van der Waals surface area (Å²) in [6.45, 7) is 1.72. The molecule has 4 rings (SSSR count). The van der Waals surface area contributed by atoms with E-state index in [-0.39, 0.29) is 40.9 Å².